The summed E-state index contributed by atoms with van der Waals surface area (Å²) in [5.74, 6) is 0. The summed E-state index contributed by atoms with van der Waals surface area (Å²) in [5, 5.41) is 3.46. The van der Waals surface area contributed by atoms with Crippen molar-refractivity contribution in [1.29, 1.82) is 0 Å². The Morgan fingerprint density at radius 1 is 0.750 bits per heavy atom. The standard InChI is InChI=1S/C19H25N/c1-13-6-14(2)9-17(8-13)12-19(20-5)18-10-15(3)7-16(4)11-18/h6-11,19-20H,12H2,1-5H3. The van der Waals surface area contributed by atoms with Crippen LogP contribution in [0.25, 0.3) is 0 Å². The molecule has 1 unspecified atom stereocenters. The number of hydrogen-bond acceptors (Lipinski definition) is 1. The molecule has 1 heteroatoms. The van der Waals surface area contributed by atoms with Gasteiger partial charge in [0.2, 0.25) is 0 Å². The number of aryl methyl sites for hydroxylation is 4. The first kappa shape index (κ1) is 14.8. The van der Waals surface area contributed by atoms with Crippen molar-refractivity contribution in [2.24, 2.45) is 0 Å². The quantitative estimate of drug-likeness (QED) is 0.864. The number of nitrogens with one attached hydrogen (secondary N) is 1. The third-order valence-corrected chi connectivity index (χ3v) is 3.72. The second-order valence-corrected chi connectivity index (χ2v) is 5.96. The summed E-state index contributed by atoms with van der Waals surface area (Å²) in [6.45, 7) is 8.67. The molecule has 0 radical (unpaired) electrons. The smallest absolute Gasteiger partial charge is 0.0358 e. The van der Waals surface area contributed by atoms with E-state index in [1.54, 1.807) is 0 Å². The molecule has 0 aliphatic heterocycles. The molecule has 0 fully saturated rings. The van der Waals surface area contributed by atoms with Crippen molar-refractivity contribution in [3.05, 3.63) is 69.8 Å². The average molecular weight is 267 g/mol. The highest BCUT2D eigenvalue weighted by atomic mass is 14.9. The monoisotopic (exact) mass is 267 g/mol. The third kappa shape index (κ3) is 3.71. The van der Waals surface area contributed by atoms with Gasteiger partial charge in [-0.2, -0.15) is 0 Å². The van der Waals surface area contributed by atoms with Gasteiger partial charge in [0.1, 0.15) is 0 Å². The van der Waals surface area contributed by atoms with Gasteiger partial charge in [-0.25, -0.2) is 0 Å². The lowest BCUT2D eigenvalue weighted by Gasteiger charge is -2.19. The molecule has 0 saturated heterocycles. The minimum absolute atomic E-state index is 0.370. The molecule has 0 heterocycles. The van der Waals surface area contributed by atoms with E-state index in [0.29, 0.717) is 6.04 Å². The fourth-order valence-corrected chi connectivity index (χ4v) is 3.02. The minimum atomic E-state index is 0.370. The van der Waals surface area contributed by atoms with E-state index in [-0.39, 0.29) is 0 Å². The van der Waals surface area contributed by atoms with Crippen LogP contribution in [0.5, 0.6) is 0 Å². The van der Waals surface area contributed by atoms with Crippen LogP contribution in [-0.2, 0) is 6.42 Å². The van der Waals surface area contributed by atoms with Crippen LogP contribution in [0.1, 0.15) is 39.4 Å². The highest BCUT2D eigenvalue weighted by Gasteiger charge is 2.11. The Bertz CT molecular complexity index is 558. The average Bonchev–Trinajstić information content (AvgIpc) is 2.33. The normalized spacial score (nSPS) is 12.4. The molecule has 2 aromatic rings. The van der Waals surface area contributed by atoms with E-state index < -0.39 is 0 Å². The highest BCUT2D eigenvalue weighted by Crippen LogP contribution is 2.22. The first-order valence-electron chi connectivity index (χ1n) is 7.30. The number of rotatable bonds is 4. The predicted octanol–water partition coefficient (Wildman–Crippen LogP) is 4.42. The van der Waals surface area contributed by atoms with Crippen LogP contribution in [0.15, 0.2) is 36.4 Å². The van der Waals surface area contributed by atoms with Crippen LogP contribution >= 0.6 is 0 Å². The minimum Gasteiger partial charge on any atom is -0.313 e. The van der Waals surface area contributed by atoms with E-state index in [4.69, 9.17) is 0 Å². The van der Waals surface area contributed by atoms with Crippen LogP contribution in [0, 0.1) is 27.7 Å². The fourth-order valence-electron chi connectivity index (χ4n) is 3.02. The molecule has 0 aliphatic rings. The summed E-state index contributed by atoms with van der Waals surface area (Å²) in [7, 11) is 2.05. The second-order valence-electron chi connectivity index (χ2n) is 5.96. The Balaban J connectivity index is 2.28. The molecule has 1 nitrogen and oxygen atoms in total. The molecule has 0 bridgehead atoms. The first-order chi connectivity index (χ1) is 9.47. The SMILES string of the molecule is CNC(Cc1cc(C)cc(C)c1)c1cc(C)cc(C)c1. The van der Waals surface area contributed by atoms with Gasteiger partial charge in [0.05, 0.1) is 0 Å². The van der Waals surface area contributed by atoms with Gasteiger partial charge in [-0.1, -0.05) is 58.7 Å². The van der Waals surface area contributed by atoms with E-state index in [1.165, 1.54) is 33.4 Å². The molecular formula is C19H25N. The molecule has 2 rings (SSSR count). The fraction of sp³-hybridized carbons (Fsp3) is 0.368. The maximum atomic E-state index is 3.46. The maximum absolute atomic E-state index is 3.46. The molecule has 0 aromatic heterocycles. The van der Waals surface area contributed by atoms with E-state index in [0.717, 1.165) is 6.42 Å². The summed E-state index contributed by atoms with van der Waals surface area (Å²) < 4.78 is 0. The van der Waals surface area contributed by atoms with Gasteiger partial charge in [0, 0.05) is 6.04 Å². The van der Waals surface area contributed by atoms with Gasteiger partial charge in [0.15, 0.2) is 0 Å². The lowest BCUT2D eigenvalue weighted by Crippen LogP contribution is -2.19. The van der Waals surface area contributed by atoms with Crippen LogP contribution in [-0.4, -0.2) is 7.05 Å². The molecule has 106 valence electrons. The molecule has 2 aromatic carbocycles. The van der Waals surface area contributed by atoms with Crippen molar-refractivity contribution >= 4 is 0 Å². The molecule has 0 aliphatic carbocycles. The predicted molar refractivity (Wildman–Crippen MR) is 87.3 cm³/mol. The van der Waals surface area contributed by atoms with Crippen LogP contribution in [0.3, 0.4) is 0 Å². The van der Waals surface area contributed by atoms with Crippen molar-refractivity contribution in [1.82, 2.24) is 5.32 Å². The topological polar surface area (TPSA) is 12.0 Å². The first-order valence-corrected chi connectivity index (χ1v) is 7.30. The van der Waals surface area contributed by atoms with Crippen LogP contribution in [0.2, 0.25) is 0 Å². The Morgan fingerprint density at radius 2 is 1.20 bits per heavy atom. The van der Waals surface area contributed by atoms with Crippen molar-refractivity contribution in [2.45, 2.75) is 40.2 Å². The summed E-state index contributed by atoms with van der Waals surface area (Å²) in [5.41, 5.74) is 8.14. The van der Waals surface area contributed by atoms with Gasteiger partial charge in [-0.15, -0.1) is 0 Å². The van der Waals surface area contributed by atoms with E-state index in [9.17, 15) is 0 Å². The summed E-state index contributed by atoms with van der Waals surface area (Å²) >= 11 is 0. The summed E-state index contributed by atoms with van der Waals surface area (Å²) in [4.78, 5) is 0. The third-order valence-electron chi connectivity index (χ3n) is 3.72. The molecule has 0 amide bonds. The molecular weight excluding hydrogens is 242 g/mol. The van der Waals surface area contributed by atoms with Crippen molar-refractivity contribution in [3.63, 3.8) is 0 Å². The second kappa shape index (κ2) is 6.23. The zero-order chi connectivity index (χ0) is 14.7. The van der Waals surface area contributed by atoms with Gasteiger partial charge in [-0.05, 0) is 52.3 Å². The zero-order valence-electron chi connectivity index (χ0n) is 13.2. The van der Waals surface area contributed by atoms with Gasteiger partial charge < -0.3 is 5.32 Å². The Kier molecular flexibility index (Phi) is 4.61. The summed E-state index contributed by atoms with van der Waals surface area (Å²) in [6.07, 6.45) is 1.03. The number of likely N-dealkylation sites (N-methyl/N-ethyl adjacent to an activating group) is 1. The molecule has 0 saturated carbocycles. The van der Waals surface area contributed by atoms with E-state index >= 15 is 0 Å². The van der Waals surface area contributed by atoms with Gasteiger partial charge in [-0.3, -0.25) is 0 Å². The van der Waals surface area contributed by atoms with E-state index in [1.807, 2.05) is 7.05 Å². The lowest BCUT2D eigenvalue weighted by atomic mass is 9.94. The Hall–Kier alpha value is -1.60. The largest absolute Gasteiger partial charge is 0.313 e. The van der Waals surface area contributed by atoms with E-state index in [2.05, 4.69) is 69.4 Å². The van der Waals surface area contributed by atoms with Crippen molar-refractivity contribution < 1.29 is 0 Å². The Morgan fingerprint density at radius 3 is 1.65 bits per heavy atom. The van der Waals surface area contributed by atoms with Crippen LogP contribution < -0.4 is 5.32 Å². The van der Waals surface area contributed by atoms with Gasteiger partial charge in [0.25, 0.3) is 0 Å². The molecule has 1 N–H and O–H groups in total. The number of hydrogen-bond donors (Lipinski definition) is 1. The molecule has 20 heavy (non-hydrogen) atoms. The Labute approximate surface area is 123 Å². The summed E-state index contributed by atoms with van der Waals surface area (Å²) in [6, 6.07) is 14.0. The molecule has 1 atom stereocenters. The highest BCUT2D eigenvalue weighted by molar-refractivity contribution is 5.34. The zero-order valence-corrected chi connectivity index (χ0v) is 13.2. The van der Waals surface area contributed by atoms with Crippen molar-refractivity contribution in [2.75, 3.05) is 7.05 Å². The van der Waals surface area contributed by atoms with Gasteiger partial charge >= 0.3 is 0 Å². The van der Waals surface area contributed by atoms with Crippen LogP contribution in [0.4, 0.5) is 0 Å². The van der Waals surface area contributed by atoms with Crippen molar-refractivity contribution in [3.8, 4) is 0 Å². The lowest BCUT2D eigenvalue weighted by molar-refractivity contribution is 0.591. The maximum Gasteiger partial charge on any atom is 0.0358 e. The number of benzene rings is 2. The molecule has 0 spiro atoms.